The lowest BCUT2D eigenvalue weighted by Gasteiger charge is -2.20. The number of pyridine rings is 1. The number of hydrogen-bond acceptors (Lipinski definition) is 5. The van der Waals surface area contributed by atoms with Gasteiger partial charge in [0.15, 0.2) is 0 Å². The minimum absolute atomic E-state index is 0.113. The van der Waals surface area contributed by atoms with E-state index in [4.69, 9.17) is 4.52 Å². The number of nitrogens with zero attached hydrogens (tertiary/aromatic N) is 3. The molecule has 0 bridgehead atoms. The van der Waals surface area contributed by atoms with Crippen LogP contribution in [0.1, 0.15) is 39.0 Å². The van der Waals surface area contributed by atoms with Crippen molar-refractivity contribution in [2.24, 2.45) is 0 Å². The monoisotopic (exact) mass is 278 g/mol. The average Bonchev–Trinajstić information content (AvgIpc) is 2.94. The predicted octanol–water partition coefficient (Wildman–Crippen LogP) is 2.76. The van der Waals surface area contributed by atoms with Crippen LogP contribution in [0.2, 0.25) is 0 Å². The highest BCUT2D eigenvalue weighted by atomic mass is 19.1. The van der Waals surface area contributed by atoms with Gasteiger partial charge in [-0.15, -0.1) is 0 Å². The first-order chi connectivity index (χ1) is 9.65. The number of aromatic nitrogens is 3. The minimum atomic E-state index is -0.385. The van der Waals surface area contributed by atoms with E-state index in [9.17, 15) is 4.39 Å². The van der Waals surface area contributed by atoms with E-state index in [2.05, 4.69) is 34.3 Å². The summed E-state index contributed by atoms with van der Waals surface area (Å²) in [6, 6.07) is 3.15. The summed E-state index contributed by atoms with van der Waals surface area (Å²) in [4.78, 5) is 8.31. The molecule has 0 aromatic carbocycles. The largest absolute Gasteiger partial charge is 0.339 e. The molecule has 2 rings (SSSR count). The van der Waals surface area contributed by atoms with Gasteiger partial charge < -0.3 is 9.84 Å². The standard InChI is InChI=1S/C14H19FN4O/c1-4-11(16-5-2)9(3)14-18-13(19-20-14)12-7-6-10(15)8-17-12/h6-9,11,16H,4-5H2,1-3H3. The van der Waals surface area contributed by atoms with Crippen LogP contribution in [0.15, 0.2) is 22.9 Å². The molecule has 6 heteroatoms. The first-order valence-electron chi connectivity index (χ1n) is 6.84. The quantitative estimate of drug-likeness (QED) is 0.880. The Morgan fingerprint density at radius 1 is 1.35 bits per heavy atom. The van der Waals surface area contributed by atoms with Crippen molar-refractivity contribution in [3.8, 4) is 11.5 Å². The summed E-state index contributed by atoms with van der Waals surface area (Å²) in [5.41, 5.74) is 0.505. The molecule has 0 amide bonds. The van der Waals surface area contributed by atoms with E-state index < -0.39 is 0 Å². The van der Waals surface area contributed by atoms with Crippen molar-refractivity contribution < 1.29 is 8.91 Å². The van der Waals surface area contributed by atoms with Gasteiger partial charge in [-0.25, -0.2) is 9.37 Å². The summed E-state index contributed by atoms with van der Waals surface area (Å²) in [5, 5.41) is 7.31. The molecule has 0 radical (unpaired) electrons. The molecule has 20 heavy (non-hydrogen) atoms. The SMILES string of the molecule is CCNC(CC)C(C)c1nc(-c2ccc(F)cn2)no1. The number of halogens is 1. The van der Waals surface area contributed by atoms with Gasteiger partial charge in [0.05, 0.1) is 12.1 Å². The molecule has 0 spiro atoms. The van der Waals surface area contributed by atoms with Gasteiger partial charge in [0.2, 0.25) is 11.7 Å². The zero-order valence-electron chi connectivity index (χ0n) is 11.9. The maximum absolute atomic E-state index is 12.8. The van der Waals surface area contributed by atoms with E-state index in [1.165, 1.54) is 12.1 Å². The summed E-state index contributed by atoms with van der Waals surface area (Å²) in [6.45, 7) is 7.12. The number of hydrogen-bond donors (Lipinski definition) is 1. The molecule has 0 fully saturated rings. The zero-order chi connectivity index (χ0) is 14.5. The van der Waals surface area contributed by atoms with Gasteiger partial charge in [0.25, 0.3) is 0 Å². The first-order valence-corrected chi connectivity index (χ1v) is 6.84. The fraction of sp³-hybridized carbons (Fsp3) is 0.500. The Balaban J connectivity index is 2.17. The Hall–Kier alpha value is -1.82. The van der Waals surface area contributed by atoms with Crippen molar-refractivity contribution in [1.82, 2.24) is 20.4 Å². The van der Waals surface area contributed by atoms with Crippen LogP contribution in [0.5, 0.6) is 0 Å². The van der Waals surface area contributed by atoms with E-state index in [1.807, 2.05) is 6.92 Å². The molecule has 2 aromatic heterocycles. The van der Waals surface area contributed by atoms with Crippen LogP contribution in [0.25, 0.3) is 11.5 Å². The van der Waals surface area contributed by atoms with Crippen LogP contribution < -0.4 is 5.32 Å². The Morgan fingerprint density at radius 2 is 2.15 bits per heavy atom. The number of likely N-dealkylation sites (N-methyl/N-ethyl adjacent to an activating group) is 1. The normalized spacial score (nSPS) is 14.2. The van der Waals surface area contributed by atoms with Gasteiger partial charge in [-0.1, -0.05) is 25.9 Å². The van der Waals surface area contributed by atoms with Gasteiger partial charge in [-0.2, -0.15) is 4.98 Å². The maximum Gasteiger partial charge on any atom is 0.231 e. The Kier molecular flexibility index (Phi) is 4.79. The fourth-order valence-corrected chi connectivity index (χ4v) is 2.14. The molecular weight excluding hydrogens is 259 g/mol. The molecule has 0 aliphatic heterocycles. The maximum atomic E-state index is 12.8. The van der Waals surface area contributed by atoms with Crippen LogP contribution in [-0.4, -0.2) is 27.7 Å². The minimum Gasteiger partial charge on any atom is -0.339 e. The molecule has 0 aliphatic rings. The Morgan fingerprint density at radius 3 is 2.75 bits per heavy atom. The van der Waals surface area contributed by atoms with Crippen molar-refractivity contribution in [1.29, 1.82) is 0 Å². The highest BCUT2D eigenvalue weighted by Gasteiger charge is 2.22. The van der Waals surface area contributed by atoms with Crippen molar-refractivity contribution in [3.05, 3.63) is 30.0 Å². The highest BCUT2D eigenvalue weighted by Crippen LogP contribution is 2.22. The molecule has 0 saturated carbocycles. The van der Waals surface area contributed by atoms with E-state index in [0.717, 1.165) is 19.2 Å². The lowest BCUT2D eigenvalue weighted by atomic mass is 9.99. The van der Waals surface area contributed by atoms with Gasteiger partial charge >= 0.3 is 0 Å². The summed E-state index contributed by atoms with van der Waals surface area (Å²) in [7, 11) is 0. The van der Waals surface area contributed by atoms with E-state index in [0.29, 0.717) is 17.4 Å². The second kappa shape index (κ2) is 6.56. The van der Waals surface area contributed by atoms with Gasteiger partial charge in [-0.3, -0.25) is 0 Å². The lowest BCUT2D eigenvalue weighted by molar-refractivity contribution is 0.321. The summed E-state index contributed by atoms with van der Waals surface area (Å²) in [5.74, 6) is 0.683. The summed E-state index contributed by atoms with van der Waals surface area (Å²) in [6.07, 6.45) is 2.11. The van der Waals surface area contributed by atoms with Crippen molar-refractivity contribution in [2.75, 3.05) is 6.54 Å². The molecule has 0 aliphatic carbocycles. The summed E-state index contributed by atoms with van der Waals surface area (Å²) >= 11 is 0. The second-order valence-electron chi connectivity index (χ2n) is 4.68. The van der Waals surface area contributed by atoms with Crippen molar-refractivity contribution in [2.45, 2.75) is 39.2 Å². The third-order valence-electron chi connectivity index (χ3n) is 3.30. The van der Waals surface area contributed by atoms with E-state index >= 15 is 0 Å². The Labute approximate surface area is 117 Å². The molecule has 2 atom stereocenters. The molecule has 2 aromatic rings. The number of nitrogens with one attached hydrogen (secondary N) is 1. The van der Waals surface area contributed by atoms with Gasteiger partial charge in [0.1, 0.15) is 11.5 Å². The predicted molar refractivity (Wildman–Crippen MR) is 73.7 cm³/mol. The van der Waals surface area contributed by atoms with E-state index in [-0.39, 0.29) is 17.8 Å². The lowest BCUT2D eigenvalue weighted by Crippen LogP contribution is -2.33. The number of rotatable bonds is 6. The summed E-state index contributed by atoms with van der Waals surface area (Å²) < 4.78 is 18.1. The van der Waals surface area contributed by atoms with Crippen molar-refractivity contribution in [3.63, 3.8) is 0 Å². The van der Waals surface area contributed by atoms with Crippen LogP contribution in [-0.2, 0) is 0 Å². The first kappa shape index (κ1) is 14.6. The zero-order valence-corrected chi connectivity index (χ0v) is 11.9. The third kappa shape index (κ3) is 3.19. The molecule has 0 saturated heterocycles. The second-order valence-corrected chi connectivity index (χ2v) is 4.68. The highest BCUT2D eigenvalue weighted by molar-refractivity contribution is 5.47. The van der Waals surface area contributed by atoms with Crippen LogP contribution in [0.4, 0.5) is 4.39 Å². The van der Waals surface area contributed by atoms with Crippen LogP contribution >= 0.6 is 0 Å². The average molecular weight is 278 g/mol. The van der Waals surface area contributed by atoms with E-state index in [1.54, 1.807) is 0 Å². The molecule has 1 N–H and O–H groups in total. The third-order valence-corrected chi connectivity index (χ3v) is 3.30. The molecule has 5 nitrogen and oxygen atoms in total. The smallest absolute Gasteiger partial charge is 0.231 e. The van der Waals surface area contributed by atoms with Crippen LogP contribution in [0, 0.1) is 5.82 Å². The molecular formula is C14H19FN4O. The van der Waals surface area contributed by atoms with Crippen molar-refractivity contribution >= 4 is 0 Å². The molecule has 2 heterocycles. The Bertz CT molecular complexity index is 540. The van der Waals surface area contributed by atoms with Gasteiger partial charge in [0, 0.05) is 6.04 Å². The molecule has 108 valence electrons. The topological polar surface area (TPSA) is 63.8 Å². The van der Waals surface area contributed by atoms with Crippen LogP contribution in [0.3, 0.4) is 0 Å². The molecule has 2 unspecified atom stereocenters. The fourth-order valence-electron chi connectivity index (χ4n) is 2.14. The van der Waals surface area contributed by atoms with Gasteiger partial charge in [-0.05, 0) is 25.1 Å².